The number of methoxy groups -OCH3 is 1. The van der Waals surface area contributed by atoms with Crippen molar-refractivity contribution in [1.82, 2.24) is 9.88 Å². The van der Waals surface area contributed by atoms with Gasteiger partial charge in [0.05, 0.1) is 18.7 Å². The van der Waals surface area contributed by atoms with Crippen LogP contribution in [0, 0.1) is 0 Å². The van der Waals surface area contributed by atoms with Gasteiger partial charge >= 0.3 is 0 Å². The Morgan fingerprint density at radius 2 is 1.82 bits per heavy atom. The minimum Gasteiger partial charge on any atom is -0.503 e. The number of para-hydroxylation sites is 2. The minimum absolute atomic E-state index is 0.0439. The molecular formula is C26H20N2O5. The molecule has 0 bridgehead atoms. The molecule has 1 unspecified atom stereocenters. The maximum atomic E-state index is 13.6. The van der Waals surface area contributed by atoms with E-state index in [1.54, 1.807) is 60.9 Å². The molecule has 0 saturated carbocycles. The van der Waals surface area contributed by atoms with Crippen molar-refractivity contribution in [2.75, 3.05) is 7.11 Å². The first-order chi connectivity index (χ1) is 16.1. The number of carbonyl (C=O) groups excluding carboxylic acids is 2. The molecule has 7 heteroatoms. The van der Waals surface area contributed by atoms with Gasteiger partial charge in [0.2, 0.25) is 5.78 Å². The van der Waals surface area contributed by atoms with Gasteiger partial charge in [0.1, 0.15) is 11.3 Å². The molecule has 3 heterocycles. The number of nitrogens with zero attached hydrogens (tertiary/aromatic N) is 2. The summed E-state index contributed by atoms with van der Waals surface area (Å²) in [6.45, 7) is 0.172. The molecule has 1 amide bonds. The van der Waals surface area contributed by atoms with E-state index in [1.165, 1.54) is 12.0 Å². The summed E-state index contributed by atoms with van der Waals surface area (Å²) in [5.74, 6) is -1.23. The van der Waals surface area contributed by atoms with Crippen molar-refractivity contribution in [3.05, 3.63) is 107 Å². The fourth-order valence-corrected chi connectivity index (χ4v) is 4.18. The number of aliphatic hydroxyl groups excluding tert-OH is 1. The highest BCUT2D eigenvalue weighted by Gasteiger charge is 2.45. The van der Waals surface area contributed by atoms with E-state index in [1.807, 2.05) is 18.2 Å². The van der Waals surface area contributed by atoms with Gasteiger partial charge in [0.15, 0.2) is 11.5 Å². The average Bonchev–Trinajstić information content (AvgIpc) is 3.39. The Hall–Kier alpha value is -4.39. The van der Waals surface area contributed by atoms with Crippen molar-refractivity contribution < 1.29 is 23.8 Å². The standard InChI is InChI=1S/C26H20N2O5/c1-32-20-9-5-3-7-18(20)23-22(24(29)21-14-17-6-2-4-8-19(17)33-21)25(30)26(31)28(23)15-16-10-12-27-13-11-16/h2-14,23,30H,15H2,1H3. The number of aromatic nitrogens is 1. The lowest BCUT2D eigenvalue weighted by Gasteiger charge is -2.27. The summed E-state index contributed by atoms with van der Waals surface area (Å²) in [6.07, 6.45) is 3.25. The number of Topliss-reactive ketones (excluding diaryl/α,β-unsaturated/α-hetero) is 1. The number of ketones is 1. The van der Waals surface area contributed by atoms with E-state index in [-0.39, 0.29) is 17.9 Å². The van der Waals surface area contributed by atoms with Crippen molar-refractivity contribution in [2.24, 2.45) is 0 Å². The van der Waals surface area contributed by atoms with E-state index in [0.29, 0.717) is 16.9 Å². The molecule has 5 rings (SSSR count). The molecule has 33 heavy (non-hydrogen) atoms. The molecule has 0 radical (unpaired) electrons. The zero-order valence-electron chi connectivity index (χ0n) is 17.8. The zero-order valence-corrected chi connectivity index (χ0v) is 17.8. The number of aliphatic hydroxyl groups is 1. The van der Waals surface area contributed by atoms with Gasteiger partial charge in [-0.1, -0.05) is 36.4 Å². The van der Waals surface area contributed by atoms with E-state index in [9.17, 15) is 14.7 Å². The second-order valence-corrected chi connectivity index (χ2v) is 7.67. The summed E-state index contributed by atoms with van der Waals surface area (Å²) < 4.78 is 11.3. The molecule has 0 saturated heterocycles. The van der Waals surface area contributed by atoms with Crippen LogP contribution in [0.15, 0.2) is 94.9 Å². The number of amides is 1. The van der Waals surface area contributed by atoms with Gasteiger partial charge in [-0.25, -0.2) is 0 Å². The Bertz CT molecular complexity index is 1360. The van der Waals surface area contributed by atoms with Crippen LogP contribution >= 0.6 is 0 Å². The molecule has 2 aromatic heterocycles. The fraction of sp³-hybridized carbons (Fsp3) is 0.115. The third-order valence-corrected chi connectivity index (χ3v) is 5.73. The first-order valence-electron chi connectivity index (χ1n) is 10.4. The lowest BCUT2D eigenvalue weighted by Crippen LogP contribution is -2.31. The van der Waals surface area contributed by atoms with Crippen molar-refractivity contribution in [1.29, 1.82) is 0 Å². The molecule has 1 aliphatic rings. The largest absolute Gasteiger partial charge is 0.503 e. The summed E-state index contributed by atoms with van der Waals surface area (Å²) in [7, 11) is 1.52. The van der Waals surface area contributed by atoms with Crippen LogP contribution in [-0.4, -0.2) is 33.8 Å². The van der Waals surface area contributed by atoms with E-state index in [2.05, 4.69) is 4.98 Å². The maximum Gasteiger partial charge on any atom is 0.290 e. The van der Waals surface area contributed by atoms with Crippen LogP contribution in [0.5, 0.6) is 5.75 Å². The monoisotopic (exact) mass is 440 g/mol. The molecule has 2 aromatic carbocycles. The van der Waals surface area contributed by atoms with Crippen molar-refractivity contribution in [2.45, 2.75) is 12.6 Å². The SMILES string of the molecule is COc1ccccc1C1C(C(=O)c2cc3ccccc3o2)=C(O)C(=O)N1Cc1ccncc1. The van der Waals surface area contributed by atoms with Crippen LogP contribution in [0.1, 0.15) is 27.7 Å². The molecular weight excluding hydrogens is 420 g/mol. The lowest BCUT2D eigenvalue weighted by molar-refractivity contribution is -0.130. The second kappa shape index (κ2) is 8.27. The maximum absolute atomic E-state index is 13.6. The van der Waals surface area contributed by atoms with E-state index in [0.717, 1.165) is 10.9 Å². The summed E-state index contributed by atoms with van der Waals surface area (Å²) in [5, 5.41) is 11.6. The molecule has 1 N–H and O–H groups in total. The first-order valence-corrected chi connectivity index (χ1v) is 10.4. The first kappa shape index (κ1) is 20.5. The number of carbonyl (C=O) groups is 2. The Morgan fingerprint density at radius 1 is 1.09 bits per heavy atom. The molecule has 4 aromatic rings. The molecule has 164 valence electrons. The lowest BCUT2D eigenvalue weighted by atomic mass is 9.94. The third kappa shape index (κ3) is 3.53. The van der Waals surface area contributed by atoms with E-state index in [4.69, 9.17) is 9.15 Å². The van der Waals surface area contributed by atoms with Crippen molar-refractivity contribution in [3.63, 3.8) is 0 Å². The number of furan rings is 1. The van der Waals surface area contributed by atoms with Crippen molar-refractivity contribution in [3.8, 4) is 5.75 Å². The van der Waals surface area contributed by atoms with E-state index >= 15 is 0 Å². The number of fused-ring (bicyclic) bond motifs is 1. The highest BCUT2D eigenvalue weighted by molar-refractivity contribution is 6.16. The number of rotatable bonds is 6. The van der Waals surface area contributed by atoms with Crippen LogP contribution in [0.2, 0.25) is 0 Å². The van der Waals surface area contributed by atoms with E-state index < -0.39 is 23.5 Å². The fourth-order valence-electron chi connectivity index (χ4n) is 4.18. The zero-order chi connectivity index (χ0) is 22.9. The van der Waals surface area contributed by atoms with Gasteiger partial charge in [-0.05, 0) is 35.9 Å². The molecule has 1 aliphatic heterocycles. The summed E-state index contributed by atoms with van der Waals surface area (Å²) in [5.41, 5.74) is 1.90. The predicted molar refractivity (Wildman–Crippen MR) is 121 cm³/mol. The van der Waals surface area contributed by atoms with Gasteiger partial charge < -0.3 is 19.2 Å². The Morgan fingerprint density at radius 3 is 2.58 bits per heavy atom. The van der Waals surface area contributed by atoms with Crippen LogP contribution < -0.4 is 4.74 Å². The van der Waals surface area contributed by atoms with Gasteiger partial charge in [0.25, 0.3) is 5.91 Å². The molecule has 7 nitrogen and oxygen atoms in total. The third-order valence-electron chi connectivity index (χ3n) is 5.73. The number of hydrogen-bond acceptors (Lipinski definition) is 6. The van der Waals surface area contributed by atoms with Crippen LogP contribution in [0.3, 0.4) is 0 Å². The Balaban J connectivity index is 1.63. The highest BCUT2D eigenvalue weighted by Crippen LogP contribution is 2.43. The Labute approximate surface area is 189 Å². The molecule has 0 spiro atoms. The smallest absolute Gasteiger partial charge is 0.290 e. The molecule has 1 atom stereocenters. The number of benzene rings is 2. The van der Waals surface area contributed by atoms with Gasteiger partial charge in [-0.3, -0.25) is 14.6 Å². The highest BCUT2D eigenvalue weighted by atomic mass is 16.5. The molecule has 0 fully saturated rings. The van der Waals surface area contributed by atoms with Gasteiger partial charge in [-0.15, -0.1) is 0 Å². The normalized spacial score (nSPS) is 16.0. The van der Waals surface area contributed by atoms with Crippen LogP contribution in [0.4, 0.5) is 0 Å². The minimum atomic E-state index is -0.859. The predicted octanol–water partition coefficient (Wildman–Crippen LogP) is 4.61. The molecule has 0 aliphatic carbocycles. The topological polar surface area (TPSA) is 92.9 Å². The average molecular weight is 440 g/mol. The number of pyridine rings is 1. The summed E-state index contributed by atoms with van der Waals surface area (Å²) in [6, 6.07) is 18.7. The Kier molecular flexibility index (Phi) is 5.14. The van der Waals surface area contributed by atoms with Crippen LogP contribution in [0.25, 0.3) is 11.0 Å². The van der Waals surface area contributed by atoms with Crippen molar-refractivity contribution >= 4 is 22.7 Å². The number of hydrogen-bond donors (Lipinski definition) is 1. The quantitative estimate of drug-likeness (QED) is 0.440. The number of ether oxygens (including phenoxy) is 1. The van der Waals surface area contributed by atoms with Gasteiger partial charge in [0, 0.05) is 29.9 Å². The second-order valence-electron chi connectivity index (χ2n) is 7.67. The summed E-state index contributed by atoms with van der Waals surface area (Å²) in [4.78, 5) is 32.3. The summed E-state index contributed by atoms with van der Waals surface area (Å²) >= 11 is 0. The van der Waals surface area contributed by atoms with Gasteiger partial charge in [-0.2, -0.15) is 0 Å². The van der Waals surface area contributed by atoms with Crippen LogP contribution in [-0.2, 0) is 11.3 Å².